The zero-order valence-electron chi connectivity index (χ0n) is 40.8. The summed E-state index contributed by atoms with van der Waals surface area (Å²) in [6.07, 6.45) is -4.92. The van der Waals surface area contributed by atoms with Gasteiger partial charge in [0.15, 0.2) is 0 Å². The molecule has 0 N–H and O–H groups in total. The number of halogens is 3. The fraction of sp³-hybridized carbons (Fsp3) is 0.0149. The number of rotatable bonds is 7. The first-order valence-corrected chi connectivity index (χ1v) is 24.4. The van der Waals surface area contributed by atoms with Crippen molar-refractivity contribution in [3.63, 3.8) is 0 Å². The summed E-state index contributed by atoms with van der Waals surface area (Å²) in [4.78, 5) is 0. The van der Waals surface area contributed by atoms with Gasteiger partial charge in [-0.05, 0) is 147 Å². The molecule has 0 bridgehead atoms. The lowest BCUT2D eigenvalue weighted by Crippen LogP contribution is -2.10. The summed E-state index contributed by atoms with van der Waals surface area (Å²) < 4.78 is 50.4. The number of nitriles is 6. The van der Waals surface area contributed by atoms with E-state index in [-0.39, 0.29) is 33.6 Å². The second-order valence-electron chi connectivity index (χ2n) is 18.7. The number of alkyl halides is 3. The molecule has 0 atom stereocenters. The van der Waals surface area contributed by atoms with Gasteiger partial charge < -0.3 is 9.13 Å². The highest BCUT2D eigenvalue weighted by Gasteiger charge is 2.36. The first kappa shape index (κ1) is 47.5. The molecular formula is C67H33F3N8. The van der Waals surface area contributed by atoms with Gasteiger partial charge in [0.1, 0.15) is 11.6 Å². The molecule has 2 heterocycles. The van der Waals surface area contributed by atoms with Crippen LogP contribution >= 0.6 is 0 Å². The van der Waals surface area contributed by atoms with E-state index in [1.807, 2.05) is 112 Å². The zero-order chi connectivity index (χ0) is 53.8. The van der Waals surface area contributed by atoms with Crippen molar-refractivity contribution in [1.82, 2.24) is 9.13 Å². The molecule has 8 nitrogen and oxygen atoms in total. The number of nitrogens with zero attached hydrogens (tertiary/aromatic N) is 8. The van der Waals surface area contributed by atoms with E-state index in [2.05, 4.69) is 30.3 Å². The third kappa shape index (κ3) is 7.99. The lowest BCUT2D eigenvalue weighted by molar-refractivity contribution is -0.137. The molecule has 0 aliphatic heterocycles. The lowest BCUT2D eigenvalue weighted by Gasteiger charge is -2.21. The van der Waals surface area contributed by atoms with Crippen LogP contribution in [0.3, 0.4) is 0 Å². The van der Waals surface area contributed by atoms with E-state index in [9.17, 15) is 31.6 Å². The van der Waals surface area contributed by atoms with Gasteiger partial charge in [-0.25, -0.2) is 0 Å². The van der Waals surface area contributed by atoms with Crippen LogP contribution in [0.2, 0.25) is 0 Å². The van der Waals surface area contributed by atoms with Crippen LogP contribution in [0.4, 0.5) is 13.2 Å². The van der Waals surface area contributed by atoms with Crippen molar-refractivity contribution in [2.24, 2.45) is 0 Å². The molecule has 0 aliphatic carbocycles. The predicted octanol–water partition coefficient (Wildman–Crippen LogP) is 16.5. The van der Waals surface area contributed by atoms with E-state index < -0.39 is 11.7 Å². The van der Waals surface area contributed by atoms with Crippen LogP contribution in [0, 0.1) is 68.0 Å². The monoisotopic (exact) mass is 1010 g/mol. The third-order valence-corrected chi connectivity index (χ3v) is 14.3. The van der Waals surface area contributed by atoms with Crippen LogP contribution in [0.25, 0.3) is 111 Å². The Kier molecular flexibility index (Phi) is 11.4. The molecule has 10 aromatic carbocycles. The number of hydrogen-bond donors (Lipinski definition) is 0. The van der Waals surface area contributed by atoms with E-state index in [1.165, 1.54) is 12.1 Å². The largest absolute Gasteiger partial charge is 0.417 e. The average molecular weight is 1010 g/mol. The summed E-state index contributed by atoms with van der Waals surface area (Å²) in [5.41, 5.74) is 8.66. The maximum absolute atomic E-state index is 15.6. The Morgan fingerprint density at radius 1 is 0.308 bits per heavy atom. The number of benzene rings is 10. The zero-order valence-corrected chi connectivity index (χ0v) is 40.8. The summed E-state index contributed by atoms with van der Waals surface area (Å²) in [7, 11) is 0. The van der Waals surface area contributed by atoms with Crippen molar-refractivity contribution in [2.75, 3.05) is 0 Å². The molecule has 362 valence electrons. The van der Waals surface area contributed by atoms with Crippen molar-refractivity contribution in [1.29, 1.82) is 31.6 Å². The minimum absolute atomic E-state index is 0.0000196. The molecule has 11 heteroatoms. The van der Waals surface area contributed by atoms with Gasteiger partial charge in [0, 0.05) is 27.1 Å². The van der Waals surface area contributed by atoms with E-state index in [1.54, 1.807) is 84.9 Å². The summed E-state index contributed by atoms with van der Waals surface area (Å²) in [6.45, 7) is 0. The minimum atomic E-state index is -4.92. The van der Waals surface area contributed by atoms with Gasteiger partial charge in [0.2, 0.25) is 0 Å². The van der Waals surface area contributed by atoms with Gasteiger partial charge in [-0.2, -0.15) is 44.7 Å². The minimum Gasteiger partial charge on any atom is -0.308 e. The van der Waals surface area contributed by atoms with Gasteiger partial charge >= 0.3 is 6.18 Å². The summed E-state index contributed by atoms with van der Waals surface area (Å²) in [5, 5.41) is 65.3. The third-order valence-electron chi connectivity index (χ3n) is 14.3. The molecule has 0 unspecified atom stereocenters. The van der Waals surface area contributed by atoms with E-state index >= 15 is 13.2 Å². The molecule has 0 radical (unpaired) electrons. The molecule has 0 amide bonds. The maximum atomic E-state index is 15.6. The second kappa shape index (κ2) is 18.8. The average Bonchev–Trinajstić information content (AvgIpc) is 4.21. The molecule has 0 fully saturated rings. The van der Waals surface area contributed by atoms with Crippen molar-refractivity contribution < 1.29 is 13.2 Å². The Bertz CT molecular complexity index is 4330. The molecule has 78 heavy (non-hydrogen) atoms. The Labute approximate surface area is 444 Å². The molecule has 0 spiro atoms. The van der Waals surface area contributed by atoms with Crippen LogP contribution in [0.15, 0.2) is 200 Å². The summed E-state index contributed by atoms with van der Waals surface area (Å²) >= 11 is 0. The van der Waals surface area contributed by atoms with Gasteiger partial charge in [-0.15, -0.1) is 0 Å². The normalized spacial score (nSPS) is 11.2. The number of aromatic nitrogens is 2. The number of hydrogen-bond acceptors (Lipinski definition) is 6. The van der Waals surface area contributed by atoms with Crippen molar-refractivity contribution in [3.8, 4) is 103 Å². The van der Waals surface area contributed by atoms with Crippen LogP contribution < -0.4 is 0 Å². The van der Waals surface area contributed by atoms with Crippen molar-refractivity contribution >= 4 is 43.6 Å². The van der Waals surface area contributed by atoms with E-state index in [0.29, 0.717) is 44.3 Å². The first-order chi connectivity index (χ1) is 38.0. The Hall–Kier alpha value is -11.5. The van der Waals surface area contributed by atoms with Gasteiger partial charge in [0.25, 0.3) is 0 Å². The molecular weight excluding hydrogens is 974 g/mol. The molecule has 0 saturated carbocycles. The van der Waals surface area contributed by atoms with Crippen molar-refractivity contribution in [3.05, 3.63) is 239 Å². The first-order valence-electron chi connectivity index (χ1n) is 24.4. The molecule has 12 aromatic rings. The van der Waals surface area contributed by atoms with Crippen LogP contribution in [0.1, 0.15) is 38.9 Å². The topological polar surface area (TPSA) is 153 Å². The van der Waals surface area contributed by atoms with Gasteiger partial charge in [-0.1, -0.05) is 103 Å². The Morgan fingerprint density at radius 2 is 0.628 bits per heavy atom. The standard InChI is InChI=1S/C67H33F3N8/c68-67(69,70)59-15-5-14-52(38-75)66(59)53-32-64(77-60-28-48(44-10-1-6-40(24-44)34-71)16-20-54(60)55-21-17-49(29-61(55)77)45-11-2-7-41(25-45)35-72)58(39-76)65(33-53)78-62-30-50(46-12-3-8-42(26-46)36-73)18-22-56(62)57-23-19-51(31-63(57)78)47-13-4-9-43(27-47)37-74/h1-33H. The van der Waals surface area contributed by atoms with Crippen molar-refractivity contribution in [2.45, 2.75) is 6.18 Å². The molecule has 0 saturated heterocycles. The molecule has 2 aromatic heterocycles. The highest BCUT2D eigenvalue weighted by molar-refractivity contribution is 6.13. The van der Waals surface area contributed by atoms with Crippen LogP contribution in [-0.2, 0) is 6.18 Å². The molecule has 0 aliphatic rings. The lowest BCUT2D eigenvalue weighted by atomic mass is 9.92. The second-order valence-corrected chi connectivity index (χ2v) is 18.7. The van der Waals surface area contributed by atoms with Gasteiger partial charge in [-0.3, -0.25) is 0 Å². The maximum Gasteiger partial charge on any atom is 0.417 e. The summed E-state index contributed by atoms with van der Waals surface area (Å²) in [6, 6.07) is 71.8. The smallest absolute Gasteiger partial charge is 0.308 e. The Morgan fingerprint density at radius 3 is 0.923 bits per heavy atom. The summed E-state index contributed by atoms with van der Waals surface area (Å²) in [5.74, 6) is 0. The highest BCUT2D eigenvalue weighted by Crippen LogP contribution is 2.46. The quantitative estimate of drug-likeness (QED) is 0.155. The predicted molar refractivity (Wildman–Crippen MR) is 296 cm³/mol. The van der Waals surface area contributed by atoms with Crippen LogP contribution in [-0.4, -0.2) is 9.13 Å². The van der Waals surface area contributed by atoms with Gasteiger partial charge in [0.05, 0.1) is 97.2 Å². The SMILES string of the molecule is N#Cc1cccc(-c2ccc3c4ccc(-c5cccc(C#N)c5)cc4n(-c4cc(-c5c(C#N)cccc5C(F)(F)F)cc(-n5c6cc(-c7cccc(C#N)c7)ccc6c6ccc(-c7cccc(C#N)c7)cc65)c4C#N)c3c2)c1. The van der Waals surface area contributed by atoms with Crippen LogP contribution in [0.5, 0.6) is 0 Å². The van der Waals surface area contributed by atoms with E-state index in [4.69, 9.17) is 0 Å². The molecule has 12 rings (SSSR count). The fourth-order valence-corrected chi connectivity index (χ4v) is 10.8. The fourth-order valence-electron chi connectivity index (χ4n) is 10.8. The number of fused-ring (bicyclic) bond motifs is 6. The highest BCUT2D eigenvalue weighted by atomic mass is 19.4. The Balaban J connectivity index is 1.27. The van der Waals surface area contributed by atoms with E-state index in [0.717, 1.165) is 72.1 Å².